The first-order chi connectivity index (χ1) is 14.5. The Morgan fingerprint density at radius 2 is 1.83 bits per heavy atom. The van der Waals surface area contributed by atoms with Crippen LogP contribution in [0.25, 0.3) is 11.1 Å². The molecule has 0 aliphatic heterocycles. The smallest absolute Gasteiger partial charge is 0.262 e. The first-order valence-corrected chi connectivity index (χ1v) is 9.85. The van der Waals surface area contributed by atoms with Gasteiger partial charge in [-0.05, 0) is 65.9 Å². The third kappa shape index (κ3) is 6.54. The molecule has 1 amide bonds. The van der Waals surface area contributed by atoms with Crippen molar-refractivity contribution in [2.24, 2.45) is 10.9 Å². The van der Waals surface area contributed by atoms with Gasteiger partial charge in [0.1, 0.15) is 0 Å². The van der Waals surface area contributed by atoms with Crippen molar-refractivity contribution in [3.8, 4) is 22.6 Å². The number of phenols is 1. The van der Waals surface area contributed by atoms with Gasteiger partial charge in [-0.3, -0.25) is 15.3 Å². The summed E-state index contributed by atoms with van der Waals surface area (Å²) in [4.78, 5) is 13.1. The highest BCUT2D eigenvalue weighted by Crippen LogP contribution is 2.29. The van der Waals surface area contributed by atoms with Crippen molar-refractivity contribution in [3.05, 3.63) is 72.3 Å². The summed E-state index contributed by atoms with van der Waals surface area (Å²) in [5.74, 6) is -0.00813. The van der Waals surface area contributed by atoms with E-state index in [1.807, 2.05) is 61.5 Å². The van der Waals surface area contributed by atoms with Crippen LogP contribution in [0.15, 0.2) is 71.6 Å². The average Bonchev–Trinajstić information content (AvgIpc) is 2.74. The van der Waals surface area contributed by atoms with Crippen LogP contribution < -0.4 is 20.9 Å². The van der Waals surface area contributed by atoms with E-state index >= 15 is 0 Å². The van der Waals surface area contributed by atoms with Gasteiger partial charge in [-0.25, -0.2) is 0 Å². The number of aromatic hydroxyl groups is 1. The highest BCUT2D eigenvalue weighted by molar-refractivity contribution is 7.97. The van der Waals surface area contributed by atoms with Crippen LogP contribution in [0.1, 0.15) is 5.56 Å². The van der Waals surface area contributed by atoms with E-state index in [4.69, 9.17) is 15.3 Å². The van der Waals surface area contributed by atoms with Gasteiger partial charge in [0.05, 0.1) is 6.34 Å². The topological polar surface area (TPSA) is 134 Å². The number of anilines is 1. The summed E-state index contributed by atoms with van der Waals surface area (Å²) in [7, 11) is 0. The largest absolute Gasteiger partial charge is 0.504 e. The molecule has 0 unspecified atom stereocenters. The van der Waals surface area contributed by atoms with Crippen molar-refractivity contribution >= 4 is 29.9 Å². The van der Waals surface area contributed by atoms with E-state index in [9.17, 15) is 9.90 Å². The van der Waals surface area contributed by atoms with E-state index < -0.39 is 0 Å². The van der Waals surface area contributed by atoms with E-state index in [2.05, 4.69) is 11.1 Å². The number of carbonyl (C=O) groups is 1. The number of benzene rings is 3. The van der Waals surface area contributed by atoms with Gasteiger partial charge in [0.15, 0.2) is 18.1 Å². The second kappa shape index (κ2) is 11.5. The van der Waals surface area contributed by atoms with Gasteiger partial charge < -0.3 is 20.9 Å². The minimum atomic E-state index is -0.305. The maximum atomic E-state index is 12.1. The Hall–Kier alpha value is -3.49. The molecule has 3 aromatic rings. The van der Waals surface area contributed by atoms with Gasteiger partial charge in [-0.2, -0.15) is 0 Å². The first-order valence-electron chi connectivity index (χ1n) is 8.97. The number of hydrogen-bond donors (Lipinski definition) is 5. The van der Waals surface area contributed by atoms with Crippen LogP contribution in [0, 0.1) is 12.3 Å². The summed E-state index contributed by atoms with van der Waals surface area (Å²) in [5, 5.41) is 24.2. The molecule has 0 heterocycles. The molecule has 0 aromatic heterocycles. The molecule has 0 spiro atoms. The van der Waals surface area contributed by atoms with E-state index in [1.165, 1.54) is 11.9 Å². The zero-order valence-corrected chi connectivity index (χ0v) is 17.3. The second-order valence-electron chi connectivity index (χ2n) is 6.17. The van der Waals surface area contributed by atoms with Crippen molar-refractivity contribution in [2.45, 2.75) is 11.8 Å². The molecule has 156 valence electrons. The van der Waals surface area contributed by atoms with Crippen LogP contribution in [0.3, 0.4) is 0 Å². The minimum absolute atomic E-state index is 0.0172. The number of nitrogens with one attached hydrogen (secondary N) is 2. The number of aryl methyl sites for hydroxylation is 1. The molecule has 0 radical (unpaired) electrons. The van der Waals surface area contributed by atoms with E-state index in [-0.39, 0.29) is 24.0 Å². The fourth-order valence-electron chi connectivity index (χ4n) is 2.63. The molecule has 0 aliphatic carbocycles. The predicted octanol–water partition coefficient (Wildman–Crippen LogP) is 3.90. The average molecular weight is 425 g/mol. The lowest BCUT2D eigenvalue weighted by Gasteiger charge is -2.10. The Balaban J connectivity index is 0.00000101. The fraction of sp³-hybridized carbons (Fsp3) is 0.0909. The lowest BCUT2D eigenvalue weighted by atomic mass is 10.1. The van der Waals surface area contributed by atoms with Gasteiger partial charge in [0, 0.05) is 10.6 Å². The molecule has 3 aromatic carbocycles. The fourth-order valence-corrected chi connectivity index (χ4v) is 3.10. The lowest BCUT2D eigenvalue weighted by Crippen LogP contribution is -2.20. The third-order valence-electron chi connectivity index (χ3n) is 3.97. The number of rotatable bonds is 6. The summed E-state index contributed by atoms with van der Waals surface area (Å²) in [6.07, 6.45) is 0.750. The molecule has 8 heteroatoms. The summed E-state index contributed by atoms with van der Waals surface area (Å²) in [5.41, 5.74) is 8.03. The van der Waals surface area contributed by atoms with Crippen molar-refractivity contribution < 1.29 is 14.6 Å². The molecule has 0 bridgehead atoms. The van der Waals surface area contributed by atoms with Crippen LogP contribution in [0.2, 0.25) is 0 Å². The van der Waals surface area contributed by atoms with Crippen LogP contribution in [0.5, 0.6) is 11.5 Å². The number of amides is 1. The van der Waals surface area contributed by atoms with Crippen molar-refractivity contribution in [1.82, 2.24) is 0 Å². The Morgan fingerprint density at radius 1 is 1.17 bits per heavy atom. The number of ether oxygens (including phenoxy) is 1. The number of carbonyl (C=O) groups excluding carboxylic acids is 1. The van der Waals surface area contributed by atoms with Gasteiger partial charge in [0.25, 0.3) is 5.91 Å². The molecular formula is C22H24N4O3S. The molecule has 0 atom stereocenters. The SMILES string of the molecule is Cc1ccc(OCC(=O)Nc2ccc(-c3ccccc3SN)cc2)c(O)c1.N=CN. The van der Waals surface area contributed by atoms with Crippen molar-refractivity contribution in [3.63, 3.8) is 0 Å². The van der Waals surface area contributed by atoms with Crippen molar-refractivity contribution in [1.29, 1.82) is 5.41 Å². The standard InChI is InChI=1S/C21H20N2O3S.CH4N2/c1-14-6-11-19(18(24)12-14)26-13-21(25)23-16-9-7-15(8-10-16)17-4-2-3-5-20(17)27-22;2-1-3/h2-12,24H,13,22H2,1H3,(H,23,25);1H,(H3,2,3). The summed E-state index contributed by atoms with van der Waals surface area (Å²) in [6, 6.07) is 20.4. The zero-order chi connectivity index (χ0) is 21.9. The Kier molecular flexibility index (Phi) is 8.74. The van der Waals surface area contributed by atoms with Crippen LogP contribution >= 0.6 is 11.9 Å². The summed E-state index contributed by atoms with van der Waals surface area (Å²) in [6.45, 7) is 1.68. The van der Waals surface area contributed by atoms with Crippen LogP contribution in [-0.2, 0) is 4.79 Å². The third-order valence-corrected chi connectivity index (χ3v) is 4.58. The highest BCUT2D eigenvalue weighted by Gasteiger charge is 2.08. The van der Waals surface area contributed by atoms with Gasteiger partial charge in [0.2, 0.25) is 0 Å². The van der Waals surface area contributed by atoms with E-state index in [0.29, 0.717) is 5.69 Å². The van der Waals surface area contributed by atoms with Gasteiger partial charge in [-0.1, -0.05) is 36.4 Å². The molecule has 0 aliphatic rings. The molecule has 3 rings (SSSR count). The monoisotopic (exact) mass is 424 g/mol. The quantitative estimate of drug-likeness (QED) is 0.231. The number of phenolic OH excluding ortho intramolecular Hbond substituents is 1. The summed E-state index contributed by atoms with van der Waals surface area (Å²) >= 11 is 1.20. The predicted molar refractivity (Wildman–Crippen MR) is 122 cm³/mol. The van der Waals surface area contributed by atoms with Crippen LogP contribution in [-0.4, -0.2) is 24.0 Å². The molecule has 30 heavy (non-hydrogen) atoms. The zero-order valence-electron chi connectivity index (χ0n) is 16.5. The molecular weight excluding hydrogens is 400 g/mol. The first kappa shape index (κ1) is 22.8. The number of hydrogen-bond acceptors (Lipinski definition) is 6. The molecule has 0 saturated heterocycles. The van der Waals surface area contributed by atoms with E-state index in [1.54, 1.807) is 12.1 Å². The normalized spacial score (nSPS) is 9.80. The maximum Gasteiger partial charge on any atom is 0.262 e. The molecule has 0 fully saturated rings. The Labute approximate surface area is 179 Å². The summed E-state index contributed by atoms with van der Waals surface area (Å²) < 4.78 is 5.37. The Bertz CT molecular complexity index is 994. The lowest BCUT2D eigenvalue weighted by molar-refractivity contribution is -0.118. The Morgan fingerprint density at radius 3 is 2.47 bits per heavy atom. The van der Waals surface area contributed by atoms with Crippen molar-refractivity contribution in [2.75, 3.05) is 11.9 Å². The molecule has 0 saturated carbocycles. The molecule has 7 nitrogen and oxygen atoms in total. The number of nitrogens with two attached hydrogens (primary N) is 2. The molecule has 7 N–H and O–H groups in total. The minimum Gasteiger partial charge on any atom is -0.504 e. The van der Waals surface area contributed by atoms with Crippen LogP contribution in [0.4, 0.5) is 5.69 Å². The van der Waals surface area contributed by atoms with Gasteiger partial charge >= 0.3 is 0 Å². The van der Waals surface area contributed by atoms with E-state index in [0.717, 1.165) is 27.9 Å². The maximum absolute atomic E-state index is 12.1. The second-order valence-corrected chi connectivity index (χ2v) is 6.84. The van der Waals surface area contributed by atoms with Gasteiger partial charge in [-0.15, -0.1) is 0 Å². The highest BCUT2D eigenvalue weighted by atomic mass is 32.2.